The standard InChI is InChI=1S/C6H13Cl2Si2/c1-2-10(8)5-3-4-9(7)6-10/h2-6H2,1H3. The molecule has 4 heteroatoms. The minimum Gasteiger partial charge on any atom is -0.169 e. The maximum Gasteiger partial charge on any atom is 0.163 e. The largest absolute Gasteiger partial charge is 0.169 e. The Morgan fingerprint density at radius 2 is 2.30 bits per heavy atom. The Bertz CT molecular complexity index is 120. The lowest BCUT2D eigenvalue weighted by atomic mass is 10.6. The van der Waals surface area contributed by atoms with E-state index in [9.17, 15) is 0 Å². The lowest BCUT2D eigenvalue weighted by Gasteiger charge is -2.29. The maximum absolute atomic E-state index is 6.43. The average Bonchev–Trinajstić information content (AvgIpc) is 1.88. The SMILES string of the molecule is CC[Si]1(Cl)CCC[Si](Cl)C1. The van der Waals surface area contributed by atoms with Crippen molar-refractivity contribution >= 4 is 37.6 Å². The van der Waals surface area contributed by atoms with E-state index in [0.29, 0.717) is 0 Å². The Balaban J connectivity index is 2.45. The fourth-order valence-corrected chi connectivity index (χ4v) is 13.8. The van der Waals surface area contributed by atoms with E-state index < -0.39 is 15.5 Å². The van der Waals surface area contributed by atoms with Crippen LogP contribution < -0.4 is 0 Å². The van der Waals surface area contributed by atoms with Gasteiger partial charge in [-0.25, -0.2) is 0 Å². The Morgan fingerprint density at radius 1 is 1.60 bits per heavy atom. The predicted molar refractivity (Wildman–Crippen MR) is 52.7 cm³/mol. The number of rotatable bonds is 1. The van der Waals surface area contributed by atoms with Crippen LogP contribution in [0.15, 0.2) is 0 Å². The number of hydrogen-bond donors (Lipinski definition) is 0. The van der Waals surface area contributed by atoms with Gasteiger partial charge in [-0.2, -0.15) is 22.2 Å². The van der Waals surface area contributed by atoms with Gasteiger partial charge < -0.3 is 0 Å². The van der Waals surface area contributed by atoms with E-state index >= 15 is 0 Å². The monoisotopic (exact) mass is 211 g/mol. The zero-order chi connectivity index (χ0) is 7.61. The molecule has 0 aromatic carbocycles. The summed E-state index contributed by atoms with van der Waals surface area (Å²) in [6, 6.07) is 3.81. The zero-order valence-corrected chi connectivity index (χ0v) is 9.80. The summed E-state index contributed by atoms with van der Waals surface area (Å²) in [5.41, 5.74) is 1.23. The van der Waals surface area contributed by atoms with Gasteiger partial charge in [-0.05, 0) is 23.8 Å². The lowest BCUT2D eigenvalue weighted by molar-refractivity contribution is 1.00. The highest BCUT2D eigenvalue weighted by atomic mass is 35.6. The fourth-order valence-electron chi connectivity index (χ4n) is 1.42. The van der Waals surface area contributed by atoms with Crippen molar-refractivity contribution in [2.75, 3.05) is 0 Å². The molecule has 0 aromatic rings. The van der Waals surface area contributed by atoms with Crippen LogP contribution in [0, 0.1) is 0 Å². The normalized spacial score (nSPS) is 36.3. The van der Waals surface area contributed by atoms with Gasteiger partial charge in [-0.3, -0.25) is 0 Å². The molecule has 1 aliphatic rings. The molecule has 0 amide bonds. The molecule has 0 saturated carbocycles. The molecular formula is C6H13Cl2Si2. The molecule has 10 heavy (non-hydrogen) atoms. The van der Waals surface area contributed by atoms with Gasteiger partial charge in [0.1, 0.15) is 0 Å². The lowest BCUT2D eigenvalue weighted by Crippen LogP contribution is -2.34. The van der Waals surface area contributed by atoms with Crippen molar-refractivity contribution in [2.24, 2.45) is 0 Å². The summed E-state index contributed by atoms with van der Waals surface area (Å²) in [6.07, 6.45) is 1.31. The minimum atomic E-state index is -1.29. The van der Waals surface area contributed by atoms with Crippen molar-refractivity contribution in [3.63, 3.8) is 0 Å². The quantitative estimate of drug-likeness (QED) is 0.462. The molecule has 0 N–H and O–H groups in total. The van der Waals surface area contributed by atoms with E-state index in [1.165, 1.54) is 30.2 Å². The van der Waals surface area contributed by atoms with E-state index in [2.05, 4.69) is 6.92 Å². The van der Waals surface area contributed by atoms with E-state index in [-0.39, 0.29) is 0 Å². The summed E-state index contributed by atoms with van der Waals surface area (Å²) in [5.74, 6) is 0. The van der Waals surface area contributed by atoms with Gasteiger partial charge >= 0.3 is 0 Å². The van der Waals surface area contributed by atoms with Gasteiger partial charge in [0.15, 0.2) is 15.5 Å². The molecule has 1 heterocycles. The van der Waals surface area contributed by atoms with E-state index in [1.54, 1.807) is 0 Å². The molecule has 1 unspecified atom stereocenters. The predicted octanol–water partition coefficient (Wildman–Crippen LogP) is 3.36. The molecule has 1 saturated heterocycles. The Kier molecular flexibility index (Phi) is 3.29. The van der Waals surface area contributed by atoms with E-state index in [0.717, 1.165) is 0 Å². The summed E-state index contributed by atoms with van der Waals surface area (Å²) >= 11 is 12.6. The first-order valence-electron chi connectivity index (χ1n) is 3.85. The highest BCUT2D eigenvalue weighted by Crippen LogP contribution is 2.35. The van der Waals surface area contributed by atoms with Crippen LogP contribution in [0.3, 0.4) is 0 Å². The second kappa shape index (κ2) is 3.61. The molecule has 1 radical (unpaired) electrons. The van der Waals surface area contributed by atoms with Crippen LogP contribution >= 0.6 is 22.2 Å². The first kappa shape index (κ1) is 9.10. The Hall–Kier alpha value is 1.01. The Labute approximate surface area is 74.9 Å². The van der Waals surface area contributed by atoms with Crippen LogP contribution in [0.2, 0.25) is 23.8 Å². The number of hydrogen-bond acceptors (Lipinski definition) is 0. The van der Waals surface area contributed by atoms with Crippen molar-refractivity contribution in [1.82, 2.24) is 0 Å². The minimum absolute atomic E-state index is 0.509. The molecule has 1 aliphatic heterocycles. The third-order valence-electron chi connectivity index (χ3n) is 2.22. The van der Waals surface area contributed by atoms with Crippen LogP contribution in [0.4, 0.5) is 0 Å². The van der Waals surface area contributed by atoms with E-state index in [4.69, 9.17) is 22.2 Å². The van der Waals surface area contributed by atoms with Gasteiger partial charge in [-0.15, -0.1) is 0 Å². The van der Waals surface area contributed by atoms with Crippen LogP contribution in [0.5, 0.6) is 0 Å². The van der Waals surface area contributed by atoms with Crippen LogP contribution in [0.1, 0.15) is 13.3 Å². The summed E-state index contributed by atoms with van der Waals surface area (Å²) in [5, 5.41) is 0. The first-order valence-corrected chi connectivity index (χ1v) is 10.4. The fraction of sp³-hybridized carbons (Fsp3) is 1.00. The maximum atomic E-state index is 6.43. The third-order valence-corrected chi connectivity index (χ3v) is 14.0. The van der Waals surface area contributed by atoms with Crippen LogP contribution in [-0.4, -0.2) is 15.5 Å². The first-order chi connectivity index (χ1) is 4.66. The molecule has 1 fully saturated rings. The highest BCUT2D eigenvalue weighted by molar-refractivity contribution is 7.28. The summed E-state index contributed by atoms with van der Waals surface area (Å²) in [4.78, 5) is 0. The van der Waals surface area contributed by atoms with Crippen molar-refractivity contribution in [1.29, 1.82) is 0 Å². The molecule has 0 aliphatic carbocycles. The number of halogens is 2. The molecular weight excluding hydrogens is 199 g/mol. The smallest absolute Gasteiger partial charge is 0.163 e. The average molecular weight is 212 g/mol. The molecule has 0 spiro atoms. The molecule has 0 bridgehead atoms. The molecule has 1 rings (SSSR count). The van der Waals surface area contributed by atoms with Gasteiger partial charge in [-0.1, -0.05) is 13.3 Å². The third kappa shape index (κ3) is 2.26. The van der Waals surface area contributed by atoms with Crippen molar-refractivity contribution < 1.29 is 0 Å². The van der Waals surface area contributed by atoms with Crippen molar-refractivity contribution in [3.8, 4) is 0 Å². The topological polar surface area (TPSA) is 0 Å². The molecule has 0 aromatic heterocycles. The van der Waals surface area contributed by atoms with Crippen molar-refractivity contribution in [2.45, 2.75) is 37.1 Å². The highest BCUT2D eigenvalue weighted by Gasteiger charge is 2.35. The van der Waals surface area contributed by atoms with Gasteiger partial charge in [0.2, 0.25) is 0 Å². The Morgan fingerprint density at radius 3 is 2.70 bits per heavy atom. The van der Waals surface area contributed by atoms with Crippen molar-refractivity contribution in [3.05, 3.63) is 0 Å². The summed E-state index contributed by atoms with van der Waals surface area (Å²) in [7, 11) is -1.80. The summed E-state index contributed by atoms with van der Waals surface area (Å²) in [6.45, 7) is 2.22. The second-order valence-electron chi connectivity index (χ2n) is 3.05. The zero-order valence-electron chi connectivity index (χ0n) is 6.29. The summed E-state index contributed by atoms with van der Waals surface area (Å²) < 4.78 is 0. The second-order valence-corrected chi connectivity index (χ2v) is 13.5. The van der Waals surface area contributed by atoms with Gasteiger partial charge in [0, 0.05) is 0 Å². The molecule has 0 nitrogen and oxygen atoms in total. The van der Waals surface area contributed by atoms with Gasteiger partial charge in [0.05, 0.1) is 0 Å². The van der Waals surface area contributed by atoms with Crippen LogP contribution in [-0.2, 0) is 0 Å². The van der Waals surface area contributed by atoms with Gasteiger partial charge in [0.25, 0.3) is 0 Å². The van der Waals surface area contributed by atoms with Crippen LogP contribution in [0.25, 0.3) is 0 Å². The van der Waals surface area contributed by atoms with E-state index in [1.807, 2.05) is 0 Å². The molecule has 59 valence electrons. The molecule has 1 atom stereocenters.